The molecule has 0 saturated carbocycles. The Morgan fingerprint density at radius 3 is 2.86 bits per heavy atom. The molecule has 3 aromatic heterocycles. The van der Waals surface area contributed by atoms with Gasteiger partial charge in [0, 0.05) is 24.5 Å². The maximum Gasteiger partial charge on any atom is 0.277 e. The fourth-order valence-corrected chi connectivity index (χ4v) is 2.41. The minimum Gasteiger partial charge on any atom is -0.411 e. The molecule has 0 fully saturated rings. The molecule has 0 aliphatic rings. The van der Waals surface area contributed by atoms with Gasteiger partial charge in [0.25, 0.3) is 5.22 Å². The second kappa shape index (κ2) is 6.44. The smallest absolute Gasteiger partial charge is 0.277 e. The maximum atomic E-state index is 5.60. The number of nitrogens with zero attached hydrogens (tertiary/aromatic N) is 7. The van der Waals surface area contributed by atoms with Gasteiger partial charge in [-0.05, 0) is 29.0 Å². The van der Waals surface area contributed by atoms with Gasteiger partial charge in [0.2, 0.25) is 5.89 Å². The molecule has 0 bridgehead atoms. The van der Waals surface area contributed by atoms with E-state index in [9.17, 15) is 0 Å². The standard InChI is InChI=1S/C12H13N7OS/c1-2-7-19-10(14-17-18-19)8-21-12-16-15-11(20-12)9-3-5-13-6-4-9/h3-6H,2,7-8H2,1H3. The number of aryl methyl sites for hydroxylation is 1. The average Bonchev–Trinajstić information content (AvgIpc) is 3.16. The van der Waals surface area contributed by atoms with Crippen molar-refractivity contribution < 1.29 is 4.42 Å². The third-order valence-corrected chi connectivity index (χ3v) is 3.51. The lowest BCUT2D eigenvalue weighted by molar-refractivity contribution is 0.465. The minimum absolute atomic E-state index is 0.480. The van der Waals surface area contributed by atoms with Crippen LogP contribution in [0.2, 0.25) is 0 Å². The number of hydrogen-bond donors (Lipinski definition) is 0. The molecule has 9 heteroatoms. The molecule has 21 heavy (non-hydrogen) atoms. The number of hydrogen-bond acceptors (Lipinski definition) is 8. The first-order valence-electron chi connectivity index (χ1n) is 6.48. The summed E-state index contributed by atoms with van der Waals surface area (Å²) in [6.45, 7) is 2.88. The molecule has 0 amide bonds. The first-order chi connectivity index (χ1) is 10.4. The van der Waals surface area contributed by atoms with Crippen molar-refractivity contribution in [3.05, 3.63) is 30.4 Å². The summed E-state index contributed by atoms with van der Waals surface area (Å²) in [6.07, 6.45) is 4.35. The van der Waals surface area contributed by atoms with Gasteiger partial charge in [-0.3, -0.25) is 4.98 Å². The van der Waals surface area contributed by atoms with Gasteiger partial charge in [0.15, 0.2) is 5.82 Å². The van der Waals surface area contributed by atoms with Crippen molar-refractivity contribution in [1.82, 2.24) is 35.4 Å². The minimum atomic E-state index is 0.480. The van der Waals surface area contributed by atoms with Gasteiger partial charge in [-0.2, -0.15) is 0 Å². The molecule has 0 N–H and O–H groups in total. The Bertz CT molecular complexity index is 696. The topological polar surface area (TPSA) is 95.4 Å². The third kappa shape index (κ3) is 3.24. The van der Waals surface area contributed by atoms with E-state index in [2.05, 4.69) is 37.6 Å². The molecule has 0 radical (unpaired) electrons. The predicted octanol–water partition coefficient (Wildman–Crippen LogP) is 1.82. The van der Waals surface area contributed by atoms with E-state index in [1.807, 2.05) is 12.1 Å². The zero-order chi connectivity index (χ0) is 14.5. The second-order valence-corrected chi connectivity index (χ2v) is 5.14. The van der Waals surface area contributed by atoms with Crippen LogP contribution in [-0.4, -0.2) is 35.4 Å². The zero-order valence-electron chi connectivity index (χ0n) is 11.4. The lowest BCUT2D eigenvalue weighted by Gasteiger charge is -2.00. The van der Waals surface area contributed by atoms with E-state index in [0.29, 0.717) is 16.9 Å². The van der Waals surface area contributed by atoms with Crippen LogP contribution in [0.4, 0.5) is 0 Å². The van der Waals surface area contributed by atoms with Crippen molar-refractivity contribution >= 4 is 11.8 Å². The van der Waals surface area contributed by atoms with Crippen LogP contribution in [0.25, 0.3) is 11.5 Å². The van der Waals surface area contributed by atoms with Gasteiger partial charge >= 0.3 is 0 Å². The van der Waals surface area contributed by atoms with Crippen LogP contribution in [0.1, 0.15) is 19.2 Å². The highest BCUT2D eigenvalue weighted by molar-refractivity contribution is 7.98. The van der Waals surface area contributed by atoms with Crippen molar-refractivity contribution in [2.75, 3.05) is 0 Å². The highest BCUT2D eigenvalue weighted by Crippen LogP contribution is 2.24. The molecule has 3 aromatic rings. The summed E-state index contributed by atoms with van der Waals surface area (Å²) in [5, 5.41) is 20.1. The molecule has 0 aliphatic heterocycles. The Kier molecular flexibility index (Phi) is 4.20. The first-order valence-corrected chi connectivity index (χ1v) is 7.47. The van der Waals surface area contributed by atoms with Gasteiger partial charge in [0.05, 0.1) is 5.75 Å². The highest BCUT2D eigenvalue weighted by Gasteiger charge is 2.11. The normalized spacial score (nSPS) is 10.9. The largest absolute Gasteiger partial charge is 0.411 e. The predicted molar refractivity (Wildman–Crippen MR) is 75.2 cm³/mol. The summed E-state index contributed by atoms with van der Waals surface area (Å²) in [5.41, 5.74) is 0.847. The van der Waals surface area contributed by atoms with E-state index in [1.54, 1.807) is 17.1 Å². The Morgan fingerprint density at radius 1 is 1.19 bits per heavy atom. The number of rotatable bonds is 6. The van der Waals surface area contributed by atoms with E-state index < -0.39 is 0 Å². The van der Waals surface area contributed by atoms with Gasteiger partial charge < -0.3 is 4.42 Å². The lowest BCUT2D eigenvalue weighted by Crippen LogP contribution is -2.04. The molecule has 0 unspecified atom stereocenters. The fraction of sp³-hybridized carbons (Fsp3) is 0.333. The highest BCUT2D eigenvalue weighted by atomic mass is 32.2. The van der Waals surface area contributed by atoms with Crippen LogP contribution in [0.15, 0.2) is 34.2 Å². The van der Waals surface area contributed by atoms with Crippen LogP contribution in [0.3, 0.4) is 0 Å². The Morgan fingerprint density at radius 2 is 2.05 bits per heavy atom. The first kappa shape index (κ1) is 13.7. The summed E-state index contributed by atoms with van der Waals surface area (Å²) in [5.74, 6) is 1.86. The Labute approximate surface area is 125 Å². The molecule has 3 heterocycles. The molecular formula is C12H13N7OS. The van der Waals surface area contributed by atoms with Crippen LogP contribution < -0.4 is 0 Å². The summed E-state index contributed by atoms with van der Waals surface area (Å²) in [7, 11) is 0. The summed E-state index contributed by atoms with van der Waals surface area (Å²) >= 11 is 1.41. The van der Waals surface area contributed by atoms with Crippen molar-refractivity contribution in [2.24, 2.45) is 0 Å². The molecule has 3 rings (SSSR count). The van der Waals surface area contributed by atoms with E-state index in [1.165, 1.54) is 11.8 Å². The quantitative estimate of drug-likeness (QED) is 0.636. The Hall–Kier alpha value is -2.29. The van der Waals surface area contributed by atoms with Gasteiger partial charge in [0.1, 0.15) is 0 Å². The van der Waals surface area contributed by atoms with E-state index in [0.717, 1.165) is 24.4 Å². The van der Waals surface area contributed by atoms with Crippen molar-refractivity contribution in [1.29, 1.82) is 0 Å². The molecule has 0 atom stereocenters. The lowest BCUT2D eigenvalue weighted by atomic mass is 10.3. The molecular weight excluding hydrogens is 290 g/mol. The summed E-state index contributed by atoms with van der Waals surface area (Å²) < 4.78 is 7.39. The number of pyridine rings is 1. The maximum absolute atomic E-state index is 5.60. The van der Waals surface area contributed by atoms with E-state index in [-0.39, 0.29) is 0 Å². The molecule has 0 spiro atoms. The van der Waals surface area contributed by atoms with Crippen molar-refractivity contribution in [2.45, 2.75) is 30.9 Å². The average molecular weight is 303 g/mol. The van der Waals surface area contributed by atoms with Crippen molar-refractivity contribution in [3.8, 4) is 11.5 Å². The summed E-state index contributed by atoms with van der Waals surface area (Å²) in [4.78, 5) is 3.95. The molecule has 0 saturated heterocycles. The SMILES string of the molecule is CCCn1nnnc1CSc1nnc(-c2ccncc2)o1. The van der Waals surface area contributed by atoms with Gasteiger partial charge in [-0.25, -0.2) is 4.68 Å². The van der Waals surface area contributed by atoms with E-state index in [4.69, 9.17) is 4.42 Å². The number of tetrazole rings is 1. The molecule has 0 aromatic carbocycles. The van der Waals surface area contributed by atoms with Gasteiger partial charge in [-0.1, -0.05) is 18.7 Å². The molecule has 8 nitrogen and oxygen atoms in total. The van der Waals surface area contributed by atoms with Crippen LogP contribution >= 0.6 is 11.8 Å². The fourth-order valence-electron chi connectivity index (χ4n) is 1.72. The second-order valence-electron chi connectivity index (χ2n) is 4.22. The van der Waals surface area contributed by atoms with Gasteiger partial charge in [-0.15, -0.1) is 15.3 Å². The van der Waals surface area contributed by atoms with Crippen LogP contribution in [0, 0.1) is 0 Å². The molecule has 108 valence electrons. The summed E-state index contributed by atoms with van der Waals surface area (Å²) in [6, 6.07) is 3.65. The van der Waals surface area contributed by atoms with Crippen LogP contribution in [-0.2, 0) is 12.3 Å². The van der Waals surface area contributed by atoms with Crippen LogP contribution in [0.5, 0.6) is 0 Å². The van der Waals surface area contributed by atoms with E-state index >= 15 is 0 Å². The third-order valence-electron chi connectivity index (χ3n) is 2.70. The Balaban J connectivity index is 1.66. The van der Waals surface area contributed by atoms with Crippen molar-refractivity contribution in [3.63, 3.8) is 0 Å². The zero-order valence-corrected chi connectivity index (χ0v) is 12.2. The molecule has 0 aliphatic carbocycles. The number of thioether (sulfide) groups is 1. The monoisotopic (exact) mass is 303 g/mol. The number of aromatic nitrogens is 7.